The van der Waals surface area contributed by atoms with Crippen LogP contribution in [-0.4, -0.2) is 24.4 Å². The highest BCUT2D eigenvalue weighted by Crippen LogP contribution is 2.06. The first-order valence-electron chi connectivity index (χ1n) is 5.37. The van der Waals surface area contributed by atoms with Gasteiger partial charge in [-0.05, 0) is 18.4 Å². The Kier molecular flexibility index (Phi) is 3.19. The fourth-order valence-corrected chi connectivity index (χ4v) is 1.76. The van der Waals surface area contributed by atoms with Gasteiger partial charge in [-0.15, -0.1) is 0 Å². The maximum absolute atomic E-state index is 11.4. The molecule has 84 valence electrons. The van der Waals surface area contributed by atoms with Gasteiger partial charge in [-0.2, -0.15) is 0 Å². The Balaban J connectivity index is 1.90. The molecule has 0 spiro atoms. The predicted octanol–water partition coefficient (Wildman–Crippen LogP) is 0.234. The molecule has 0 unspecified atom stereocenters. The van der Waals surface area contributed by atoms with Crippen molar-refractivity contribution in [1.82, 2.24) is 10.6 Å². The molecule has 1 heterocycles. The zero-order chi connectivity index (χ0) is 11.4. The van der Waals surface area contributed by atoms with Crippen LogP contribution in [0.5, 0.6) is 0 Å². The number of carbonyl (C=O) groups is 2. The van der Waals surface area contributed by atoms with E-state index in [4.69, 9.17) is 0 Å². The first-order valence-corrected chi connectivity index (χ1v) is 5.37. The van der Waals surface area contributed by atoms with Gasteiger partial charge >= 0.3 is 0 Å². The van der Waals surface area contributed by atoms with E-state index in [9.17, 15) is 9.59 Å². The van der Waals surface area contributed by atoms with Gasteiger partial charge in [0.25, 0.3) is 0 Å². The van der Waals surface area contributed by atoms with Gasteiger partial charge in [0.1, 0.15) is 6.04 Å². The summed E-state index contributed by atoms with van der Waals surface area (Å²) in [6.07, 6.45) is 1.43. The number of rotatable bonds is 3. The lowest BCUT2D eigenvalue weighted by Gasteiger charge is -2.22. The second-order valence-electron chi connectivity index (χ2n) is 3.86. The van der Waals surface area contributed by atoms with Crippen LogP contribution < -0.4 is 10.6 Å². The van der Waals surface area contributed by atoms with Crippen molar-refractivity contribution in [3.8, 4) is 0 Å². The van der Waals surface area contributed by atoms with E-state index in [2.05, 4.69) is 10.6 Å². The summed E-state index contributed by atoms with van der Waals surface area (Å²) >= 11 is 0. The number of benzene rings is 1. The van der Waals surface area contributed by atoms with Crippen molar-refractivity contribution < 1.29 is 9.59 Å². The van der Waals surface area contributed by atoms with Crippen molar-refractivity contribution in [2.45, 2.75) is 18.9 Å². The van der Waals surface area contributed by atoms with E-state index in [1.807, 2.05) is 30.3 Å². The molecule has 1 saturated heterocycles. The van der Waals surface area contributed by atoms with Crippen molar-refractivity contribution in [3.63, 3.8) is 0 Å². The van der Waals surface area contributed by atoms with Crippen molar-refractivity contribution in [2.75, 3.05) is 6.54 Å². The number of nitrogens with one attached hydrogen (secondary N) is 2. The van der Waals surface area contributed by atoms with Crippen LogP contribution in [-0.2, 0) is 16.0 Å². The van der Waals surface area contributed by atoms with Crippen LogP contribution in [0.3, 0.4) is 0 Å². The minimum absolute atomic E-state index is 0.0875. The average Bonchev–Trinajstić information content (AvgIpc) is 2.32. The number of hydrogen-bond donors (Lipinski definition) is 2. The van der Waals surface area contributed by atoms with Crippen molar-refractivity contribution in [3.05, 3.63) is 35.9 Å². The van der Waals surface area contributed by atoms with Crippen LogP contribution in [0.2, 0.25) is 0 Å². The summed E-state index contributed by atoms with van der Waals surface area (Å²) in [6.45, 7) is 0.0979. The third kappa shape index (κ3) is 2.59. The van der Waals surface area contributed by atoms with E-state index in [0.717, 1.165) is 6.42 Å². The van der Waals surface area contributed by atoms with Gasteiger partial charge < -0.3 is 10.6 Å². The Morgan fingerprint density at radius 3 is 2.69 bits per heavy atom. The second kappa shape index (κ2) is 4.79. The van der Waals surface area contributed by atoms with E-state index >= 15 is 0 Å². The summed E-state index contributed by atoms with van der Waals surface area (Å²) in [7, 11) is 0. The fraction of sp³-hybridized carbons (Fsp3) is 0.333. The number of piperazine rings is 1. The van der Waals surface area contributed by atoms with Crippen LogP contribution in [0.1, 0.15) is 12.0 Å². The highest BCUT2D eigenvalue weighted by molar-refractivity contribution is 5.94. The predicted molar refractivity (Wildman–Crippen MR) is 59.7 cm³/mol. The molecule has 1 aromatic carbocycles. The number of carbonyl (C=O) groups excluding carboxylic acids is 2. The van der Waals surface area contributed by atoms with Crippen LogP contribution in [0.4, 0.5) is 0 Å². The minimum atomic E-state index is -0.388. The molecule has 2 amide bonds. The molecule has 1 atom stereocenters. The van der Waals surface area contributed by atoms with Crippen LogP contribution in [0.15, 0.2) is 30.3 Å². The Hall–Kier alpha value is -1.84. The molecule has 1 aliphatic rings. The maximum atomic E-state index is 11.4. The molecular weight excluding hydrogens is 204 g/mol. The molecule has 4 heteroatoms. The van der Waals surface area contributed by atoms with Gasteiger partial charge in [-0.25, -0.2) is 0 Å². The smallest absolute Gasteiger partial charge is 0.243 e. The molecule has 0 saturated carbocycles. The molecule has 1 aromatic rings. The summed E-state index contributed by atoms with van der Waals surface area (Å²) in [4.78, 5) is 22.5. The van der Waals surface area contributed by atoms with Gasteiger partial charge in [0, 0.05) is 0 Å². The maximum Gasteiger partial charge on any atom is 0.243 e. The zero-order valence-electron chi connectivity index (χ0n) is 8.90. The molecule has 16 heavy (non-hydrogen) atoms. The molecule has 2 N–H and O–H groups in total. The first kappa shape index (κ1) is 10.7. The molecular formula is C12H14N2O2. The van der Waals surface area contributed by atoms with Crippen LogP contribution >= 0.6 is 0 Å². The lowest BCUT2D eigenvalue weighted by atomic mass is 10.0. The summed E-state index contributed by atoms with van der Waals surface area (Å²) < 4.78 is 0. The van der Waals surface area contributed by atoms with Crippen molar-refractivity contribution in [2.24, 2.45) is 0 Å². The third-order valence-electron chi connectivity index (χ3n) is 2.64. The van der Waals surface area contributed by atoms with E-state index in [1.54, 1.807) is 0 Å². The Bertz CT molecular complexity index is 389. The Morgan fingerprint density at radius 1 is 1.19 bits per heavy atom. The lowest BCUT2D eigenvalue weighted by molar-refractivity contribution is -0.133. The van der Waals surface area contributed by atoms with Gasteiger partial charge in [-0.3, -0.25) is 9.59 Å². The number of aryl methyl sites for hydroxylation is 1. The second-order valence-corrected chi connectivity index (χ2v) is 3.86. The molecule has 0 aliphatic carbocycles. The summed E-state index contributed by atoms with van der Waals surface area (Å²) in [5.74, 6) is -0.201. The van der Waals surface area contributed by atoms with E-state index in [0.29, 0.717) is 6.42 Å². The van der Waals surface area contributed by atoms with Crippen molar-refractivity contribution >= 4 is 11.8 Å². The molecule has 4 nitrogen and oxygen atoms in total. The topological polar surface area (TPSA) is 58.2 Å². The largest absolute Gasteiger partial charge is 0.345 e. The van der Waals surface area contributed by atoms with Gasteiger partial charge in [0.2, 0.25) is 11.8 Å². The van der Waals surface area contributed by atoms with E-state index in [1.165, 1.54) is 5.56 Å². The van der Waals surface area contributed by atoms with Gasteiger partial charge in [-0.1, -0.05) is 30.3 Å². The summed E-state index contributed by atoms with van der Waals surface area (Å²) in [6, 6.07) is 9.54. The molecule has 2 rings (SSSR count). The monoisotopic (exact) mass is 218 g/mol. The highest BCUT2D eigenvalue weighted by Gasteiger charge is 2.25. The zero-order valence-corrected chi connectivity index (χ0v) is 8.90. The molecule has 1 aliphatic heterocycles. The van der Waals surface area contributed by atoms with E-state index in [-0.39, 0.29) is 24.4 Å². The molecule has 0 radical (unpaired) electrons. The van der Waals surface area contributed by atoms with Gasteiger partial charge in [0.05, 0.1) is 6.54 Å². The first-order chi connectivity index (χ1) is 7.75. The van der Waals surface area contributed by atoms with Gasteiger partial charge in [0.15, 0.2) is 0 Å². The highest BCUT2D eigenvalue weighted by atomic mass is 16.2. The van der Waals surface area contributed by atoms with Crippen LogP contribution in [0.25, 0.3) is 0 Å². The molecule has 0 aromatic heterocycles. The van der Waals surface area contributed by atoms with Crippen molar-refractivity contribution in [1.29, 1.82) is 0 Å². The Labute approximate surface area is 94.0 Å². The quantitative estimate of drug-likeness (QED) is 0.763. The fourth-order valence-electron chi connectivity index (χ4n) is 1.76. The normalized spacial score (nSPS) is 20.1. The SMILES string of the molecule is O=C1CNC(=O)[C@@H](CCc2ccccc2)N1. The third-order valence-corrected chi connectivity index (χ3v) is 2.64. The molecule has 1 fully saturated rings. The summed E-state index contributed by atoms with van der Waals surface area (Å²) in [5, 5.41) is 5.25. The van der Waals surface area contributed by atoms with Crippen LogP contribution in [0, 0.1) is 0 Å². The average molecular weight is 218 g/mol. The number of amides is 2. The molecule has 0 bridgehead atoms. The summed E-state index contributed by atoms with van der Waals surface area (Å²) in [5.41, 5.74) is 1.18. The standard InChI is InChI=1S/C12H14N2O2/c15-11-8-13-12(16)10(14-11)7-6-9-4-2-1-3-5-9/h1-5,10H,6-8H2,(H,13,16)(H,14,15)/t10-/m1/s1. The minimum Gasteiger partial charge on any atom is -0.345 e. The Morgan fingerprint density at radius 2 is 1.94 bits per heavy atom. The lowest BCUT2D eigenvalue weighted by Crippen LogP contribution is -2.56. The number of hydrogen-bond acceptors (Lipinski definition) is 2. The van der Waals surface area contributed by atoms with E-state index < -0.39 is 0 Å².